The average Bonchev–Trinajstić information content (AvgIpc) is 2.51. The maximum Gasteiger partial charge on any atom is 0.338 e. The number of hydrogen-bond acceptors (Lipinski definition) is 4. The lowest BCUT2D eigenvalue weighted by Crippen LogP contribution is -2.44. The van der Waals surface area contributed by atoms with Crippen LogP contribution in [0.25, 0.3) is 0 Å². The molecule has 116 valence electrons. The molecule has 1 fully saturated rings. The minimum Gasteiger partial charge on any atom is -0.452 e. The molecule has 22 heavy (non-hydrogen) atoms. The fourth-order valence-corrected chi connectivity index (χ4v) is 2.88. The monoisotopic (exact) mass is 300 g/mol. The molecule has 1 aliphatic heterocycles. The molecule has 0 aromatic heterocycles. The second kappa shape index (κ2) is 7.08. The van der Waals surface area contributed by atoms with Crippen molar-refractivity contribution >= 4 is 11.9 Å². The van der Waals surface area contributed by atoms with E-state index in [0.717, 1.165) is 6.42 Å². The van der Waals surface area contributed by atoms with Crippen molar-refractivity contribution in [3.05, 3.63) is 35.4 Å². The number of nitrogens with zero attached hydrogens (tertiary/aromatic N) is 2. The lowest BCUT2D eigenvalue weighted by molar-refractivity contribution is -0.137. The summed E-state index contributed by atoms with van der Waals surface area (Å²) in [6.07, 6.45) is 1.12. The highest BCUT2D eigenvalue weighted by molar-refractivity contribution is 5.91. The van der Waals surface area contributed by atoms with E-state index in [4.69, 9.17) is 10.00 Å². The number of ether oxygens (including phenoxy) is 1. The van der Waals surface area contributed by atoms with Crippen LogP contribution in [0.2, 0.25) is 0 Å². The molecule has 1 amide bonds. The zero-order chi connectivity index (χ0) is 16.1. The van der Waals surface area contributed by atoms with Gasteiger partial charge in [0.15, 0.2) is 6.61 Å². The smallest absolute Gasteiger partial charge is 0.338 e. The van der Waals surface area contributed by atoms with Gasteiger partial charge in [0.1, 0.15) is 0 Å². The quantitative estimate of drug-likeness (QED) is 0.803. The highest BCUT2D eigenvalue weighted by atomic mass is 16.5. The molecule has 1 saturated heterocycles. The Labute approximate surface area is 130 Å². The number of piperidine rings is 1. The predicted molar refractivity (Wildman–Crippen MR) is 81.0 cm³/mol. The molecule has 5 heteroatoms. The molecule has 0 N–H and O–H groups in total. The summed E-state index contributed by atoms with van der Waals surface area (Å²) in [5.41, 5.74) is 0.673. The van der Waals surface area contributed by atoms with Crippen LogP contribution >= 0.6 is 0 Å². The summed E-state index contributed by atoms with van der Waals surface area (Å²) < 4.78 is 5.07. The number of esters is 1. The van der Waals surface area contributed by atoms with E-state index < -0.39 is 5.97 Å². The maximum atomic E-state index is 12.1. The summed E-state index contributed by atoms with van der Waals surface area (Å²) in [6.45, 7) is 5.41. The highest BCUT2D eigenvalue weighted by Gasteiger charge is 2.26. The molecule has 1 aliphatic rings. The van der Waals surface area contributed by atoms with E-state index in [2.05, 4.69) is 13.8 Å². The molecule has 0 unspecified atom stereocenters. The van der Waals surface area contributed by atoms with E-state index in [1.807, 2.05) is 6.07 Å². The summed E-state index contributed by atoms with van der Waals surface area (Å²) in [7, 11) is 0. The van der Waals surface area contributed by atoms with E-state index in [-0.39, 0.29) is 18.1 Å². The molecule has 2 rings (SSSR count). The van der Waals surface area contributed by atoms with Crippen LogP contribution in [0.3, 0.4) is 0 Å². The van der Waals surface area contributed by atoms with Gasteiger partial charge in [-0.15, -0.1) is 0 Å². The van der Waals surface area contributed by atoms with Crippen molar-refractivity contribution < 1.29 is 14.3 Å². The van der Waals surface area contributed by atoms with Gasteiger partial charge in [0, 0.05) is 13.1 Å². The Morgan fingerprint density at radius 2 is 2.00 bits per heavy atom. The summed E-state index contributed by atoms with van der Waals surface area (Å²) in [5.74, 6) is 0.193. The number of benzene rings is 1. The Morgan fingerprint density at radius 1 is 1.32 bits per heavy atom. The van der Waals surface area contributed by atoms with E-state index in [1.165, 1.54) is 6.07 Å². The fourth-order valence-electron chi connectivity index (χ4n) is 2.88. The lowest BCUT2D eigenvalue weighted by atomic mass is 9.92. The largest absolute Gasteiger partial charge is 0.452 e. The van der Waals surface area contributed by atoms with Crippen LogP contribution in [0, 0.1) is 23.2 Å². The second-order valence-corrected chi connectivity index (χ2v) is 6.01. The van der Waals surface area contributed by atoms with Gasteiger partial charge in [-0.05, 0) is 36.5 Å². The zero-order valence-corrected chi connectivity index (χ0v) is 12.9. The molecule has 0 aliphatic carbocycles. The van der Waals surface area contributed by atoms with Crippen molar-refractivity contribution in [3.8, 4) is 6.07 Å². The number of amides is 1. The van der Waals surface area contributed by atoms with Crippen molar-refractivity contribution in [2.24, 2.45) is 11.8 Å². The number of likely N-dealkylation sites (tertiary alicyclic amines) is 1. The maximum absolute atomic E-state index is 12.1. The van der Waals surface area contributed by atoms with Crippen molar-refractivity contribution in [1.82, 2.24) is 4.90 Å². The summed E-state index contributed by atoms with van der Waals surface area (Å²) in [4.78, 5) is 25.8. The predicted octanol–water partition coefficient (Wildman–Crippen LogP) is 2.22. The molecular formula is C17H20N2O3. The Balaban J connectivity index is 1.90. The first-order chi connectivity index (χ1) is 10.5. The molecule has 0 saturated carbocycles. The van der Waals surface area contributed by atoms with Crippen LogP contribution in [0.4, 0.5) is 0 Å². The third-order valence-electron chi connectivity index (χ3n) is 3.78. The zero-order valence-electron chi connectivity index (χ0n) is 12.9. The van der Waals surface area contributed by atoms with Crippen LogP contribution in [-0.2, 0) is 9.53 Å². The Kier molecular flexibility index (Phi) is 5.16. The molecule has 1 aromatic carbocycles. The third-order valence-corrected chi connectivity index (χ3v) is 3.78. The first-order valence-electron chi connectivity index (χ1n) is 7.44. The molecule has 0 spiro atoms. The summed E-state index contributed by atoms with van der Waals surface area (Å²) >= 11 is 0. The van der Waals surface area contributed by atoms with Gasteiger partial charge in [0.05, 0.1) is 17.2 Å². The second-order valence-electron chi connectivity index (χ2n) is 6.01. The summed E-state index contributed by atoms with van der Waals surface area (Å²) in [6, 6.07) is 8.22. The third kappa shape index (κ3) is 4.08. The molecular weight excluding hydrogens is 280 g/mol. The van der Waals surface area contributed by atoms with E-state index in [9.17, 15) is 9.59 Å². The van der Waals surface area contributed by atoms with E-state index >= 15 is 0 Å². The number of carbonyl (C=O) groups is 2. The fraction of sp³-hybridized carbons (Fsp3) is 0.471. The molecule has 0 bridgehead atoms. The molecule has 5 nitrogen and oxygen atoms in total. The minimum absolute atomic E-state index is 0.164. The first-order valence-corrected chi connectivity index (χ1v) is 7.44. The molecule has 0 radical (unpaired) electrons. The van der Waals surface area contributed by atoms with Crippen molar-refractivity contribution in [1.29, 1.82) is 5.26 Å². The van der Waals surface area contributed by atoms with Crippen molar-refractivity contribution in [3.63, 3.8) is 0 Å². The van der Waals surface area contributed by atoms with Gasteiger partial charge in [-0.2, -0.15) is 5.26 Å². The van der Waals surface area contributed by atoms with Gasteiger partial charge in [0.25, 0.3) is 5.91 Å². The number of hydrogen-bond donors (Lipinski definition) is 0. The summed E-state index contributed by atoms with van der Waals surface area (Å²) in [5, 5.41) is 8.82. The number of nitriles is 1. The normalized spacial score (nSPS) is 21.0. The van der Waals surface area contributed by atoms with E-state index in [1.54, 1.807) is 23.1 Å². The molecule has 1 aromatic rings. The van der Waals surface area contributed by atoms with Crippen LogP contribution in [0.1, 0.15) is 36.2 Å². The van der Waals surface area contributed by atoms with Crippen LogP contribution in [0.15, 0.2) is 24.3 Å². The molecule has 2 atom stereocenters. The van der Waals surface area contributed by atoms with Gasteiger partial charge in [-0.25, -0.2) is 4.79 Å². The van der Waals surface area contributed by atoms with Gasteiger partial charge in [-0.1, -0.05) is 19.9 Å². The average molecular weight is 300 g/mol. The van der Waals surface area contributed by atoms with Crippen LogP contribution in [0.5, 0.6) is 0 Å². The minimum atomic E-state index is -0.580. The number of carbonyl (C=O) groups excluding carboxylic acids is 2. The van der Waals surface area contributed by atoms with Crippen LogP contribution in [-0.4, -0.2) is 36.5 Å². The van der Waals surface area contributed by atoms with Gasteiger partial charge < -0.3 is 9.64 Å². The van der Waals surface area contributed by atoms with Crippen molar-refractivity contribution in [2.75, 3.05) is 19.7 Å². The Bertz CT molecular complexity index is 596. The van der Waals surface area contributed by atoms with Gasteiger partial charge in [0.2, 0.25) is 0 Å². The van der Waals surface area contributed by atoms with E-state index in [0.29, 0.717) is 30.5 Å². The van der Waals surface area contributed by atoms with Gasteiger partial charge >= 0.3 is 5.97 Å². The van der Waals surface area contributed by atoms with Crippen LogP contribution < -0.4 is 0 Å². The number of rotatable bonds is 3. The Hall–Kier alpha value is -2.35. The molecule has 1 heterocycles. The first kappa shape index (κ1) is 16.0. The SMILES string of the molecule is C[C@@H]1C[C@@H](C)CN(C(=O)COC(=O)c2cccc(C#N)c2)C1. The lowest BCUT2D eigenvalue weighted by Gasteiger charge is -2.34. The standard InChI is InChI=1S/C17H20N2O3/c1-12-6-13(2)10-19(9-12)16(20)11-22-17(21)15-5-3-4-14(7-15)8-18/h3-5,7,12-13H,6,9-11H2,1-2H3/t12-,13-/m1/s1. The van der Waals surface area contributed by atoms with Crippen molar-refractivity contribution in [2.45, 2.75) is 20.3 Å². The Morgan fingerprint density at radius 3 is 2.64 bits per heavy atom. The van der Waals surface area contributed by atoms with Gasteiger partial charge in [-0.3, -0.25) is 4.79 Å². The topological polar surface area (TPSA) is 70.4 Å². The highest BCUT2D eigenvalue weighted by Crippen LogP contribution is 2.21.